The molecule has 5 nitrogen and oxygen atoms in total. The molecule has 3 atom stereocenters. The third-order valence-electron chi connectivity index (χ3n) is 5.98. The number of furan rings is 1. The van der Waals surface area contributed by atoms with Gasteiger partial charge in [0.25, 0.3) is 0 Å². The molecular formula is C21H16O5. The molecule has 26 heavy (non-hydrogen) atoms. The zero-order valence-electron chi connectivity index (χ0n) is 14.2. The summed E-state index contributed by atoms with van der Waals surface area (Å²) < 4.78 is 24.0. The molecular weight excluding hydrogens is 332 g/mol. The lowest BCUT2D eigenvalue weighted by Gasteiger charge is -2.37. The molecule has 1 aromatic heterocycles. The molecule has 3 aromatic rings. The lowest BCUT2D eigenvalue weighted by atomic mass is 9.72. The van der Waals surface area contributed by atoms with Crippen molar-refractivity contribution >= 4 is 16.9 Å². The Labute approximate surface area is 149 Å². The van der Waals surface area contributed by atoms with Crippen LogP contribution in [0.4, 0.5) is 0 Å². The molecule has 2 bridgehead atoms. The number of fused-ring (bicyclic) bond motifs is 7. The predicted octanol–water partition coefficient (Wildman–Crippen LogP) is 3.70. The van der Waals surface area contributed by atoms with Gasteiger partial charge in [-0.25, -0.2) is 4.79 Å². The van der Waals surface area contributed by atoms with Gasteiger partial charge in [-0.3, -0.25) is 0 Å². The molecule has 0 unspecified atom stereocenters. The smallest absolute Gasteiger partial charge is 0.343 e. The maximum atomic E-state index is 12.9. The number of rotatable bonds is 1. The number of carbonyl (C=O) groups excluding carboxylic acids is 1. The second-order valence-corrected chi connectivity index (χ2v) is 7.13. The van der Waals surface area contributed by atoms with Crippen molar-refractivity contribution in [3.63, 3.8) is 0 Å². The maximum absolute atomic E-state index is 12.9. The number of para-hydroxylation sites is 1. The van der Waals surface area contributed by atoms with Crippen molar-refractivity contribution in [2.45, 2.75) is 30.3 Å². The summed E-state index contributed by atoms with van der Waals surface area (Å²) >= 11 is 0. The average Bonchev–Trinajstić information content (AvgIpc) is 3.32. The molecule has 0 amide bonds. The summed E-state index contributed by atoms with van der Waals surface area (Å²) in [6.45, 7) is 0.417. The Morgan fingerprint density at radius 2 is 1.96 bits per heavy atom. The second kappa shape index (κ2) is 4.55. The Balaban J connectivity index is 1.68. The van der Waals surface area contributed by atoms with Crippen LogP contribution in [0.2, 0.25) is 0 Å². The van der Waals surface area contributed by atoms with Crippen molar-refractivity contribution in [1.82, 2.24) is 0 Å². The van der Waals surface area contributed by atoms with Crippen molar-refractivity contribution in [2.24, 2.45) is 0 Å². The summed E-state index contributed by atoms with van der Waals surface area (Å²) in [5, 5.41) is 0.880. The van der Waals surface area contributed by atoms with Gasteiger partial charge in [-0.2, -0.15) is 0 Å². The van der Waals surface area contributed by atoms with Gasteiger partial charge in [0.15, 0.2) is 11.4 Å². The molecule has 6 rings (SSSR count). The Kier molecular flexibility index (Phi) is 2.54. The molecule has 0 N–H and O–H groups in total. The average molecular weight is 348 g/mol. The lowest BCUT2D eigenvalue weighted by molar-refractivity contribution is -0.270. The van der Waals surface area contributed by atoms with Crippen LogP contribution < -0.4 is 0 Å². The van der Waals surface area contributed by atoms with E-state index in [-0.39, 0.29) is 5.92 Å². The van der Waals surface area contributed by atoms with E-state index >= 15 is 0 Å². The Bertz CT molecular complexity index is 1080. The van der Waals surface area contributed by atoms with Crippen LogP contribution >= 0.6 is 0 Å². The summed E-state index contributed by atoms with van der Waals surface area (Å²) in [5.74, 6) is -0.983. The fourth-order valence-electron chi connectivity index (χ4n) is 4.94. The van der Waals surface area contributed by atoms with Gasteiger partial charge < -0.3 is 18.6 Å². The summed E-state index contributed by atoms with van der Waals surface area (Å²) in [5.41, 5.74) is 2.57. The standard InChI is InChI=1S/C21H16O5/c1-23-19(22)20-10-15-13-7-3-2-6-12(13)11-24-21(15,26-20)18-17(20)14-8-4-5-9-16(14)25-18/h2-9,15H,10-11H2,1H3/t15-,20-,21+/m0/s1. The van der Waals surface area contributed by atoms with E-state index in [1.54, 1.807) is 0 Å². The molecule has 1 fully saturated rings. The highest BCUT2D eigenvalue weighted by Gasteiger charge is 2.73. The quantitative estimate of drug-likeness (QED) is 0.628. The van der Waals surface area contributed by atoms with Crippen molar-refractivity contribution in [2.75, 3.05) is 7.11 Å². The van der Waals surface area contributed by atoms with Gasteiger partial charge in [0.05, 0.1) is 25.2 Å². The van der Waals surface area contributed by atoms with Gasteiger partial charge in [-0.05, 0) is 17.2 Å². The van der Waals surface area contributed by atoms with Gasteiger partial charge in [0, 0.05) is 11.8 Å². The van der Waals surface area contributed by atoms with Gasteiger partial charge in [-0.15, -0.1) is 0 Å². The van der Waals surface area contributed by atoms with Gasteiger partial charge in [0.2, 0.25) is 5.79 Å². The zero-order chi connectivity index (χ0) is 17.5. The van der Waals surface area contributed by atoms with Crippen LogP contribution in [0.5, 0.6) is 0 Å². The molecule has 1 saturated heterocycles. The van der Waals surface area contributed by atoms with Crippen LogP contribution in [-0.2, 0) is 37.0 Å². The van der Waals surface area contributed by atoms with Crippen LogP contribution in [-0.4, -0.2) is 13.1 Å². The van der Waals surface area contributed by atoms with Crippen LogP contribution in [0.15, 0.2) is 52.9 Å². The normalized spacial score (nSPS) is 30.7. The minimum absolute atomic E-state index is 0.111. The predicted molar refractivity (Wildman–Crippen MR) is 91.3 cm³/mol. The van der Waals surface area contributed by atoms with Crippen molar-refractivity contribution in [1.29, 1.82) is 0 Å². The molecule has 0 saturated carbocycles. The van der Waals surface area contributed by atoms with E-state index in [9.17, 15) is 4.79 Å². The molecule has 5 heteroatoms. The molecule has 1 spiro atoms. The van der Waals surface area contributed by atoms with Crippen molar-refractivity contribution < 1.29 is 23.4 Å². The Morgan fingerprint density at radius 1 is 1.15 bits per heavy atom. The van der Waals surface area contributed by atoms with Crippen LogP contribution in [0.25, 0.3) is 11.0 Å². The van der Waals surface area contributed by atoms with E-state index in [1.165, 1.54) is 7.11 Å². The largest absolute Gasteiger partial charge is 0.467 e. The molecule has 3 aliphatic heterocycles. The Morgan fingerprint density at radius 3 is 2.85 bits per heavy atom. The van der Waals surface area contributed by atoms with E-state index in [4.69, 9.17) is 18.6 Å². The molecule has 0 aliphatic carbocycles. The highest BCUT2D eigenvalue weighted by Crippen LogP contribution is 2.68. The Hall–Kier alpha value is -2.63. The van der Waals surface area contributed by atoms with Crippen LogP contribution in [0, 0.1) is 0 Å². The van der Waals surface area contributed by atoms with E-state index in [0.29, 0.717) is 18.8 Å². The number of carbonyl (C=O) groups is 1. The van der Waals surface area contributed by atoms with Gasteiger partial charge >= 0.3 is 5.97 Å². The first-order valence-electron chi connectivity index (χ1n) is 8.72. The number of esters is 1. The highest BCUT2D eigenvalue weighted by molar-refractivity contribution is 5.94. The first-order chi connectivity index (χ1) is 12.7. The SMILES string of the molecule is COC(=O)[C@@]12C[C@H]3c4ccccc4CO[C@]3(O1)c1oc3ccccc3c12. The van der Waals surface area contributed by atoms with Crippen LogP contribution in [0.1, 0.15) is 34.8 Å². The molecule has 130 valence electrons. The fraction of sp³-hybridized carbons (Fsp3) is 0.286. The van der Waals surface area contributed by atoms with E-state index in [1.807, 2.05) is 36.4 Å². The molecule has 0 radical (unpaired) electrons. The molecule has 2 aromatic carbocycles. The third kappa shape index (κ3) is 1.44. The monoisotopic (exact) mass is 348 g/mol. The number of benzene rings is 2. The summed E-state index contributed by atoms with van der Waals surface area (Å²) in [6, 6.07) is 15.8. The summed E-state index contributed by atoms with van der Waals surface area (Å²) in [7, 11) is 1.39. The first-order valence-corrected chi connectivity index (χ1v) is 8.72. The zero-order valence-corrected chi connectivity index (χ0v) is 14.2. The minimum atomic E-state index is -1.20. The second-order valence-electron chi connectivity index (χ2n) is 7.13. The molecule has 4 heterocycles. The van der Waals surface area contributed by atoms with Gasteiger partial charge in [0.1, 0.15) is 5.58 Å². The maximum Gasteiger partial charge on any atom is 0.343 e. The number of ether oxygens (including phenoxy) is 3. The summed E-state index contributed by atoms with van der Waals surface area (Å²) in [6.07, 6.45) is 0.479. The van der Waals surface area contributed by atoms with E-state index < -0.39 is 17.4 Å². The summed E-state index contributed by atoms with van der Waals surface area (Å²) in [4.78, 5) is 12.9. The van der Waals surface area contributed by atoms with E-state index in [2.05, 4.69) is 12.1 Å². The fourth-order valence-corrected chi connectivity index (χ4v) is 4.94. The van der Waals surface area contributed by atoms with Crippen molar-refractivity contribution in [3.05, 3.63) is 71.0 Å². The number of methoxy groups -OCH3 is 1. The first kappa shape index (κ1) is 14.5. The van der Waals surface area contributed by atoms with E-state index in [0.717, 1.165) is 27.7 Å². The molecule has 3 aliphatic rings. The number of hydrogen-bond donors (Lipinski definition) is 0. The van der Waals surface area contributed by atoms with Crippen LogP contribution in [0.3, 0.4) is 0 Å². The lowest BCUT2D eigenvalue weighted by Crippen LogP contribution is -2.37. The third-order valence-corrected chi connectivity index (χ3v) is 5.98. The highest BCUT2D eigenvalue weighted by atomic mass is 16.7. The topological polar surface area (TPSA) is 57.9 Å². The van der Waals surface area contributed by atoms with Crippen molar-refractivity contribution in [3.8, 4) is 0 Å². The number of hydrogen-bond acceptors (Lipinski definition) is 5. The minimum Gasteiger partial charge on any atom is -0.467 e. The van der Waals surface area contributed by atoms with Gasteiger partial charge in [-0.1, -0.05) is 42.5 Å².